The maximum atomic E-state index is 8.99. The summed E-state index contributed by atoms with van der Waals surface area (Å²) in [6, 6.07) is 15.0. The van der Waals surface area contributed by atoms with Crippen molar-refractivity contribution in [3.05, 3.63) is 48.0 Å². The Morgan fingerprint density at radius 2 is 1.89 bits per heavy atom. The first-order valence-corrected chi connectivity index (χ1v) is 6.81. The van der Waals surface area contributed by atoms with E-state index in [9.17, 15) is 0 Å². The molecule has 0 spiro atoms. The van der Waals surface area contributed by atoms with Crippen LogP contribution in [0.1, 0.15) is 24.9 Å². The summed E-state index contributed by atoms with van der Waals surface area (Å²) in [7, 11) is 0. The van der Waals surface area contributed by atoms with Crippen molar-refractivity contribution in [2.75, 3.05) is 13.2 Å². The van der Waals surface area contributed by atoms with Gasteiger partial charge in [0.15, 0.2) is 0 Å². The number of rotatable bonds is 6. The highest BCUT2D eigenvalue weighted by molar-refractivity contribution is 5.86. The van der Waals surface area contributed by atoms with Crippen molar-refractivity contribution < 1.29 is 5.11 Å². The molecular formula is C16H22N2O. The highest BCUT2D eigenvalue weighted by Gasteiger charge is 2.14. The zero-order valence-electron chi connectivity index (χ0n) is 11.3. The third-order valence-electron chi connectivity index (χ3n) is 3.48. The summed E-state index contributed by atoms with van der Waals surface area (Å²) in [6.45, 7) is 2.81. The highest BCUT2D eigenvalue weighted by atomic mass is 16.3. The molecule has 0 fully saturated rings. The van der Waals surface area contributed by atoms with Gasteiger partial charge in [0.25, 0.3) is 0 Å². The Morgan fingerprint density at radius 3 is 2.63 bits per heavy atom. The summed E-state index contributed by atoms with van der Waals surface area (Å²) >= 11 is 0. The SMILES string of the molecule is CC(CCO)NC(CN)c1cccc2ccccc12. The van der Waals surface area contributed by atoms with Crippen LogP contribution in [0, 0.1) is 0 Å². The van der Waals surface area contributed by atoms with Crippen LogP contribution in [-0.2, 0) is 0 Å². The third-order valence-corrected chi connectivity index (χ3v) is 3.48. The van der Waals surface area contributed by atoms with E-state index in [1.54, 1.807) is 0 Å². The molecule has 0 aliphatic carbocycles. The molecule has 0 amide bonds. The van der Waals surface area contributed by atoms with E-state index >= 15 is 0 Å². The van der Waals surface area contributed by atoms with Crippen LogP contribution in [0.3, 0.4) is 0 Å². The van der Waals surface area contributed by atoms with Crippen LogP contribution in [-0.4, -0.2) is 24.3 Å². The minimum atomic E-state index is 0.118. The van der Waals surface area contributed by atoms with Crippen molar-refractivity contribution in [1.82, 2.24) is 5.32 Å². The Hall–Kier alpha value is -1.42. The molecule has 4 N–H and O–H groups in total. The third kappa shape index (κ3) is 3.32. The summed E-state index contributed by atoms with van der Waals surface area (Å²) in [5.74, 6) is 0. The largest absolute Gasteiger partial charge is 0.396 e. The molecule has 2 atom stereocenters. The number of aliphatic hydroxyl groups is 1. The van der Waals surface area contributed by atoms with Gasteiger partial charge >= 0.3 is 0 Å². The van der Waals surface area contributed by atoms with E-state index < -0.39 is 0 Å². The maximum Gasteiger partial charge on any atom is 0.0452 e. The summed E-state index contributed by atoms with van der Waals surface area (Å²) in [6.07, 6.45) is 0.737. The Bertz CT molecular complexity index is 522. The molecule has 2 unspecified atom stereocenters. The molecule has 0 heterocycles. The van der Waals surface area contributed by atoms with Gasteiger partial charge in [-0.2, -0.15) is 0 Å². The first kappa shape index (κ1) is 14.0. The van der Waals surface area contributed by atoms with Crippen LogP contribution in [0.15, 0.2) is 42.5 Å². The first-order chi connectivity index (χ1) is 9.26. The van der Waals surface area contributed by atoms with Gasteiger partial charge in [0, 0.05) is 25.2 Å². The predicted molar refractivity (Wildman–Crippen MR) is 80.0 cm³/mol. The predicted octanol–water partition coefficient (Wildman–Crippen LogP) is 2.20. The molecule has 0 radical (unpaired) electrons. The molecule has 0 aliphatic rings. The lowest BCUT2D eigenvalue weighted by Crippen LogP contribution is -2.35. The van der Waals surface area contributed by atoms with Crippen molar-refractivity contribution in [3.63, 3.8) is 0 Å². The summed E-state index contributed by atoms with van der Waals surface area (Å²) in [4.78, 5) is 0. The second-order valence-electron chi connectivity index (χ2n) is 4.94. The van der Waals surface area contributed by atoms with Crippen molar-refractivity contribution >= 4 is 10.8 Å². The number of nitrogens with one attached hydrogen (secondary N) is 1. The average molecular weight is 258 g/mol. The van der Waals surface area contributed by atoms with Crippen LogP contribution in [0.2, 0.25) is 0 Å². The second kappa shape index (κ2) is 6.66. The van der Waals surface area contributed by atoms with E-state index in [0.717, 1.165) is 6.42 Å². The van der Waals surface area contributed by atoms with Gasteiger partial charge in [-0.15, -0.1) is 0 Å². The number of nitrogens with two attached hydrogens (primary N) is 1. The summed E-state index contributed by atoms with van der Waals surface area (Å²) in [5.41, 5.74) is 7.14. The van der Waals surface area contributed by atoms with Gasteiger partial charge in [0.2, 0.25) is 0 Å². The monoisotopic (exact) mass is 258 g/mol. The highest BCUT2D eigenvalue weighted by Crippen LogP contribution is 2.24. The van der Waals surface area contributed by atoms with Gasteiger partial charge in [-0.25, -0.2) is 0 Å². The summed E-state index contributed by atoms with van der Waals surface area (Å²) < 4.78 is 0. The molecule has 0 aliphatic heterocycles. The van der Waals surface area contributed by atoms with E-state index in [2.05, 4.69) is 48.6 Å². The van der Waals surface area contributed by atoms with Gasteiger partial charge in [-0.3, -0.25) is 0 Å². The number of hydrogen-bond donors (Lipinski definition) is 3. The minimum absolute atomic E-state index is 0.118. The fourth-order valence-electron chi connectivity index (χ4n) is 2.46. The lowest BCUT2D eigenvalue weighted by molar-refractivity contribution is 0.263. The molecule has 2 aromatic carbocycles. The fourth-order valence-corrected chi connectivity index (χ4v) is 2.46. The fraction of sp³-hybridized carbons (Fsp3) is 0.375. The molecule has 0 aromatic heterocycles. The van der Waals surface area contributed by atoms with Crippen LogP contribution in [0.25, 0.3) is 10.8 Å². The molecular weight excluding hydrogens is 236 g/mol. The van der Waals surface area contributed by atoms with Crippen molar-refractivity contribution in [1.29, 1.82) is 0 Å². The second-order valence-corrected chi connectivity index (χ2v) is 4.94. The number of benzene rings is 2. The van der Waals surface area contributed by atoms with Crippen LogP contribution in [0.4, 0.5) is 0 Å². The standard InChI is InChI=1S/C16H22N2O/c1-12(9-10-19)18-16(11-17)15-8-4-6-13-5-2-3-7-14(13)15/h2-8,12,16,18-19H,9-11,17H2,1H3. The zero-order valence-corrected chi connectivity index (χ0v) is 11.3. The molecule has 3 heteroatoms. The van der Waals surface area contributed by atoms with Gasteiger partial charge in [-0.1, -0.05) is 42.5 Å². The lowest BCUT2D eigenvalue weighted by Gasteiger charge is -2.23. The van der Waals surface area contributed by atoms with Crippen LogP contribution in [0.5, 0.6) is 0 Å². The van der Waals surface area contributed by atoms with Crippen LogP contribution >= 0.6 is 0 Å². The molecule has 3 nitrogen and oxygen atoms in total. The Kier molecular flexibility index (Phi) is 4.91. The zero-order chi connectivity index (χ0) is 13.7. The van der Waals surface area contributed by atoms with Gasteiger partial charge in [-0.05, 0) is 29.7 Å². The normalized spacial score (nSPS) is 14.5. The molecule has 0 saturated heterocycles. The van der Waals surface area contributed by atoms with Crippen molar-refractivity contribution in [2.24, 2.45) is 5.73 Å². The first-order valence-electron chi connectivity index (χ1n) is 6.81. The average Bonchev–Trinajstić information content (AvgIpc) is 2.44. The van der Waals surface area contributed by atoms with E-state index in [0.29, 0.717) is 6.54 Å². The number of fused-ring (bicyclic) bond motifs is 1. The van der Waals surface area contributed by atoms with Crippen molar-refractivity contribution in [3.8, 4) is 0 Å². The topological polar surface area (TPSA) is 58.3 Å². The maximum absolute atomic E-state index is 8.99. The van der Waals surface area contributed by atoms with E-state index in [1.165, 1.54) is 16.3 Å². The van der Waals surface area contributed by atoms with E-state index in [1.807, 2.05) is 6.07 Å². The van der Waals surface area contributed by atoms with Crippen LogP contribution < -0.4 is 11.1 Å². The molecule has 2 rings (SSSR count). The van der Waals surface area contributed by atoms with Gasteiger partial charge in [0.1, 0.15) is 0 Å². The minimum Gasteiger partial charge on any atom is -0.396 e. The molecule has 0 saturated carbocycles. The van der Waals surface area contributed by atoms with Crippen molar-refractivity contribution in [2.45, 2.75) is 25.4 Å². The Morgan fingerprint density at radius 1 is 1.16 bits per heavy atom. The number of aliphatic hydroxyl groups excluding tert-OH is 1. The van der Waals surface area contributed by atoms with Gasteiger partial charge < -0.3 is 16.2 Å². The molecule has 102 valence electrons. The quantitative estimate of drug-likeness (QED) is 0.744. The number of hydrogen-bond acceptors (Lipinski definition) is 3. The van der Waals surface area contributed by atoms with Gasteiger partial charge in [0.05, 0.1) is 0 Å². The Balaban J connectivity index is 2.30. The summed E-state index contributed by atoms with van der Waals surface area (Å²) in [5, 5.41) is 15.0. The molecule has 19 heavy (non-hydrogen) atoms. The molecule has 0 bridgehead atoms. The molecule has 2 aromatic rings. The lowest BCUT2D eigenvalue weighted by atomic mass is 9.98. The van der Waals surface area contributed by atoms with E-state index in [-0.39, 0.29) is 18.7 Å². The Labute approximate surface area is 114 Å². The van der Waals surface area contributed by atoms with E-state index in [4.69, 9.17) is 10.8 Å². The smallest absolute Gasteiger partial charge is 0.0452 e.